The predicted octanol–water partition coefficient (Wildman–Crippen LogP) is 21.6. The van der Waals surface area contributed by atoms with Crippen molar-refractivity contribution in [3.8, 4) is 0 Å². The summed E-state index contributed by atoms with van der Waals surface area (Å²) in [4.78, 5) is 72.6. The van der Waals surface area contributed by atoms with Crippen LogP contribution in [0.3, 0.4) is 0 Å². The molecule has 93 heavy (non-hydrogen) atoms. The summed E-state index contributed by atoms with van der Waals surface area (Å²) in [5, 5.41) is 10.6. The summed E-state index contributed by atoms with van der Waals surface area (Å²) in [6.07, 6.45) is 52.7. The lowest BCUT2D eigenvalue weighted by molar-refractivity contribution is -0.161. The van der Waals surface area contributed by atoms with Crippen LogP contribution in [0.2, 0.25) is 0 Å². The van der Waals surface area contributed by atoms with Gasteiger partial charge >= 0.3 is 39.5 Å². The summed E-state index contributed by atoms with van der Waals surface area (Å²) in [6.45, 7) is 9.60. The van der Waals surface area contributed by atoms with Crippen LogP contribution in [0.1, 0.15) is 382 Å². The molecule has 0 radical (unpaired) electrons. The molecule has 0 aliphatic carbocycles. The van der Waals surface area contributed by atoms with Gasteiger partial charge in [-0.05, 0) is 37.5 Å². The second-order valence-electron chi connectivity index (χ2n) is 27.4. The number of unbranched alkanes of at least 4 members (excludes halogenated alkanes) is 42. The molecule has 6 atom stereocenters. The lowest BCUT2D eigenvalue weighted by atomic mass is 9.99. The number of aliphatic hydroxyl groups excluding tert-OH is 1. The van der Waals surface area contributed by atoms with Crippen molar-refractivity contribution in [3.63, 3.8) is 0 Å². The monoisotopic (exact) mass is 1370 g/mol. The number of rotatable bonds is 73. The van der Waals surface area contributed by atoms with E-state index in [9.17, 15) is 43.2 Å². The SMILES string of the molecule is CCCCCCCCCCCCCCCCC(=O)O[C@H](COC(=O)CCCCCCCCC)COP(=O)(O)OC[C@H](O)COP(=O)(O)OC[C@@H](COC(=O)CCCCCCCCCCCCC(C)CC)OC(=O)CCCCCCCCCCCCCCCCCC(C)C. The van der Waals surface area contributed by atoms with Gasteiger partial charge in [0.05, 0.1) is 26.4 Å². The van der Waals surface area contributed by atoms with Gasteiger partial charge in [-0.15, -0.1) is 0 Å². The standard InChI is InChI=1S/C74H144O17P2/c1-7-10-12-14-16-17-18-19-24-27-34-40-46-52-58-73(78)90-69(62-84-71(76)56-50-44-36-15-13-11-8-2)64-88-92(80,81)86-60-68(75)61-87-93(82,83)89-65-70(63-85-72(77)57-51-45-39-33-30-29-32-38-43-49-55-67(6)9-3)91-74(79)59-53-47-41-35-28-25-22-20-21-23-26-31-37-42-48-54-66(4)5/h66-70,75H,7-65H2,1-6H3,(H,80,81)(H,82,83)/t67?,68-,69+,70+/m0/s1. The van der Waals surface area contributed by atoms with E-state index in [2.05, 4.69) is 41.5 Å². The second-order valence-corrected chi connectivity index (χ2v) is 30.3. The normalized spacial score (nSPS) is 14.3. The van der Waals surface area contributed by atoms with Gasteiger partial charge in [0, 0.05) is 25.7 Å². The fourth-order valence-corrected chi connectivity index (χ4v) is 12.8. The van der Waals surface area contributed by atoms with Crippen molar-refractivity contribution < 1.29 is 80.2 Å². The molecule has 0 saturated carbocycles. The van der Waals surface area contributed by atoms with E-state index in [1.165, 1.54) is 186 Å². The van der Waals surface area contributed by atoms with E-state index >= 15 is 0 Å². The molecule has 0 aliphatic heterocycles. The number of carbonyl (C=O) groups excluding carboxylic acids is 4. The van der Waals surface area contributed by atoms with Gasteiger partial charge in [-0.3, -0.25) is 37.3 Å². The molecule has 0 heterocycles. The molecular weight excluding hydrogens is 1220 g/mol. The van der Waals surface area contributed by atoms with Gasteiger partial charge in [-0.1, -0.05) is 330 Å². The highest BCUT2D eigenvalue weighted by atomic mass is 31.2. The highest BCUT2D eigenvalue weighted by molar-refractivity contribution is 7.47. The topological polar surface area (TPSA) is 237 Å². The van der Waals surface area contributed by atoms with Gasteiger partial charge in [0.25, 0.3) is 0 Å². The van der Waals surface area contributed by atoms with Crippen LogP contribution in [0.4, 0.5) is 0 Å². The number of phosphoric ester groups is 2. The van der Waals surface area contributed by atoms with Crippen LogP contribution in [0.15, 0.2) is 0 Å². The Bertz CT molecular complexity index is 1810. The molecule has 0 bridgehead atoms. The Kier molecular flexibility index (Phi) is 64.6. The maximum absolute atomic E-state index is 13.1. The van der Waals surface area contributed by atoms with E-state index in [1.54, 1.807) is 0 Å². The fourth-order valence-electron chi connectivity index (χ4n) is 11.3. The van der Waals surface area contributed by atoms with Gasteiger partial charge in [0.15, 0.2) is 12.2 Å². The average molecular weight is 1370 g/mol. The summed E-state index contributed by atoms with van der Waals surface area (Å²) in [5.74, 6) is -0.509. The number of aliphatic hydroxyl groups is 1. The molecule has 19 heteroatoms. The molecule has 3 unspecified atom stereocenters. The summed E-state index contributed by atoms with van der Waals surface area (Å²) < 4.78 is 68.4. The van der Waals surface area contributed by atoms with E-state index in [4.69, 9.17) is 37.0 Å². The molecule has 0 aromatic rings. The average Bonchev–Trinajstić information content (AvgIpc) is 2.70. The number of carbonyl (C=O) groups is 4. The first-order valence-corrected chi connectivity index (χ1v) is 41.5. The summed E-state index contributed by atoms with van der Waals surface area (Å²) in [5.41, 5.74) is 0. The fraction of sp³-hybridized carbons (Fsp3) is 0.946. The number of hydrogen-bond donors (Lipinski definition) is 3. The van der Waals surface area contributed by atoms with Gasteiger partial charge < -0.3 is 33.8 Å². The van der Waals surface area contributed by atoms with Crippen LogP contribution in [0.25, 0.3) is 0 Å². The minimum Gasteiger partial charge on any atom is -0.462 e. The third-order valence-electron chi connectivity index (χ3n) is 17.6. The van der Waals surface area contributed by atoms with Crippen molar-refractivity contribution in [3.05, 3.63) is 0 Å². The number of hydrogen-bond acceptors (Lipinski definition) is 15. The molecule has 0 aromatic carbocycles. The Morgan fingerprint density at radius 3 is 0.817 bits per heavy atom. The van der Waals surface area contributed by atoms with Gasteiger partial charge in [-0.2, -0.15) is 0 Å². The van der Waals surface area contributed by atoms with E-state index in [1.807, 2.05) is 0 Å². The molecule has 0 amide bonds. The molecule has 552 valence electrons. The highest BCUT2D eigenvalue weighted by Gasteiger charge is 2.30. The molecule has 0 fully saturated rings. The van der Waals surface area contributed by atoms with Crippen molar-refractivity contribution >= 4 is 39.5 Å². The number of phosphoric acid groups is 2. The Balaban J connectivity index is 5.20. The van der Waals surface area contributed by atoms with Crippen molar-refractivity contribution in [1.29, 1.82) is 0 Å². The maximum atomic E-state index is 13.1. The summed E-state index contributed by atoms with van der Waals surface area (Å²) in [6, 6.07) is 0. The predicted molar refractivity (Wildman–Crippen MR) is 377 cm³/mol. The van der Waals surface area contributed by atoms with Gasteiger partial charge in [0.1, 0.15) is 19.3 Å². The van der Waals surface area contributed by atoms with Crippen molar-refractivity contribution in [1.82, 2.24) is 0 Å². The van der Waals surface area contributed by atoms with E-state index < -0.39 is 97.5 Å². The molecular formula is C74H144O17P2. The molecule has 0 spiro atoms. The summed E-state index contributed by atoms with van der Waals surface area (Å²) >= 11 is 0. The van der Waals surface area contributed by atoms with Crippen LogP contribution in [-0.2, 0) is 65.4 Å². The van der Waals surface area contributed by atoms with Crippen LogP contribution in [-0.4, -0.2) is 96.7 Å². The first-order chi connectivity index (χ1) is 44.9. The molecule has 3 N–H and O–H groups in total. The van der Waals surface area contributed by atoms with E-state index in [0.29, 0.717) is 25.7 Å². The van der Waals surface area contributed by atoms with Gasteiger partial charge in [-0.25, -0.2) is 9.13 Å². The number of ether oxygens (including phenoxy) is 4. The Morgan fingerprint density at radius 1 is 0.312 bits per heavy atom. The molecule has 0 rings (SSSR count). The third-order valence-corrected chi connectivity index (χ3v) is 19.5. The first kappa shape index (κ1) is 91.1. The minimum atomic E-state index is -4.95. The van der Waals surface area contributed by atoms with Crippen LogP contribution in [0, 0.1) is 11.8 Å². The Labute approximate surface area is 568 Å². The Morgan fingerprint density at radius 2 is 0.548 bits per heavy atom. The zero-order valence-electron chi connectivity index (χ0n) is 60.6. The quantitative estimate of drug-likeness (QED) is 0.0222. The summed E-state index contributed by atoms with van der Waals surface area (Å²) in [7, 11) is -9.90. The third kappa shape index (κ3) is 67.0. The van der Waals surface area contributed by atoms with Crippen molar-refractivity contribution in [2.75, 3.05) is 39.6 Å². The first-order valence-electron chi connectivity index (χ1n) is 38.5. The van der Waals surface area contributed by atoms with Crippen molar-refractivity contribution in [2.24, 2.45) is 11.8 Å². The smallest absolute Gasteiger partial charge is 0.462 e. The van der Waals surface area contributed by atoms with Crippen molar-refractivity contribution in [2.45, 2.75) is 400 Å². The zero-order valence-corrected chi connectivity index (χ0v) is 62.3. The molecule has 17 nitrogen and oxygen atoms in total. The maximum Gasteiger partial charge on any atom is 0.472 e. The zero-order chi connectivity index (χ0) is 68.6. The lowest BCUT2D eigenvalue weighted by Gasteiger charge is -2.21. The number of esters is 4. The van der Waals surface area contributed by atoms with Gasteiger partial charge in [0.2, 0.25) is 0 Å². The van der Waals surface area contributed by atoms with Crippen LogP contribution < -0.4 is 0 Å². The molecule has 0 aromatic heterocycles. The Hall–Kier alpha value is -1.94. The molecule has 0 aliphatic rings. The minimum absolute atomic E-state index is 0.107. The van der Waals surface area contributed by atoms with E-state index in [-0.39, 0.29) is 25.7 Å². The van der Waals surface area contributed by atoms with Crippen LogP contribution in [0.5, 0.6) is 0 Å². The molecule has 0 saturated heterocycles. The second kappa shape index (κ2) is 66.0. The lowest BCUT2D eigenvalue weighted by Crippen LogP contribution is -2.30. The van der Waals surface area contributed by atoms with Crippen LogP contribution >= 0.6 is 15.6 Å². The van der Waals surface area contributed by atoms with E-state index in [0.717, 1.165) is 115 Å². The highest BCUT2D eigenvalue weighted by Crippen LogP contribution is 2.45. The largest absolute Gasteiger partial charge is 0.472 e.